The Morgan fingerprint density at radius 1 is 1.05 bits per heavy atom. The Bertz CT molecular complexity index is 599. The Morgan fingerprint density at radius 3 is 2.24 bits per heavy atom. The number of halogens is 1. The second kappa shape index (κ2) is 6.83. The summed E-state index contributed by atoms with van der Waals surface area (Å²) >= 11 is 0. The summed E-state index contributed by atoms with van der Waals surface area (Å²) in [4.78, 5) is 1.97. The molecular weight excluding hydrogens is 265 g/mol. The predicted molar refractivity (Wildman–Crippen MR) is 83.6 cm³/mol. The van der Waals surface area contributed by atoms with Gasteiger partial charge in [0, 0.05) is 18.2 Å². The van der Waals surface area contributed by atoms with Crippen molar-refractivity contribution in [2.75, 3.05) is 13.6 Å². The molecule has 2 rings (SSSR count). The molecule has 0 heterocycles. The second-order valence-corrected chi connectivity index (χ2v) is 5.51. The van der Waals surface area contributed by atoms with E-state index in [2.05, 4.69) is 0 Å². The van der Waals surface area contributed by atoms with Crippen LogP contribution in [0.5, 0.6) is 0 Å². The molecule has 0 saturated carbocycles. The first kappa shape index (κ1) is 15.7. The van der Waals surface area contributed by atoms with Crippen LogP contribution in [0.2, 0.25) is 0 Å². The minimum atomic E-state index is -0.578. The minimum Gasteiger partial charge on any atom is -0.387 e. The van der Waals surface area contributed by atoms with Crippen LogP contribution in [0.1, 0.15) is 35.8 Å². The zero-order valence-electron chi connectivity index (χ0n) is 12.8. The van der Waals surface area contributed by atoms with E-state index in [1.54, 1.807) is 12.1 Å². The van der Waals surface area contributed by atoms with Gasteiger partial charge in [0.2, 0.25) is 0 Å². The van der Waals surface area contributed by atoms with Gasteiger partial charge in [0.25, 0.3) is 0 Å². The van der Waals surface area contributed by atoms with Gasteiger partial charge in [0.05, 0.1) is 6.10 Å². The van der Waals surface area contributed by atoms with Crippen LogP contribution in [0.25, 0.3) is 0 Å². The quantitative estimate of drug-likeness (QED) is 0.902. The number of aliphatic hydroxyl groups is 1. The molecule has 2 nitrogen and oxygen atoms in total. The predicted octanol–water partition coefficient (Wildman–Crippen LogP) is 3.86. The summed E-state index contributed by atoms with van der Waals surface area (Å²) in [7, 11) is 1.90. The van der Waals surface area contributed by atoms with Crippen molar-refractivity contribution in [3.63, 3.8) is 0 Å². The normalized spacial score (nSPS) is 14.2. The third kappa shape index (κ3) is 3.69. The van der Waals surface area contributed by atoms with E-state index < -0.39 is 6.10 Å². The van der Waals surface area contributed by atoms with E-state index in [1.807, 2.05) is 56.1 Å². The highest BCUT2D eigenvalue weighted by Gasteiger charge is 2.19. The maximum Gasteiger partial charge on any atom is 0.127 e. The first-order chi connectivity index (χ1) is 10.0. The Labute approximate surface area is 125 Å². The Kier molecular flexibility index (Phi) is 5.10. The molecule has 0 aromatic heterocycles. The number of aryl methyl sites for hydroxylation is 1. The van der Waals surface area contributed by atoms with E-state index in [-0.39, 0.29) is 11.9 Å². The van der Waals surface area contributed by atoms with Gasteiger partial charge in [-0.25, -0.2) is 4.39 Å². The fraction of sp³-hybridized carbons (Fsp3) is 0.333. The average Bonchev–Trinajstić information content (AvgIpc) is 2.47. The van der Waals surface area contributed by atoms with E-state index in [4.69, 9.17) is 0 Å². The second-order valence-electron chi connectivity index (χ2n) is 5.51. The first-order valence-electron chi connectivity index (χ1n) is 7.19. The molecule has 0 saturated heterocycles. The highest BCUT2D eigenvalue weighted by Crippen LogP contribution is 2.25. The van der Waals surface area contributed by atoms with Crippen LogP contribution in [0.15, 0.2) is 48.5 Å². The summed E-state index contributed by atoms with van der Waals surface area (Å²) in [6, 6.07) is 14.5. The smallest absolute Gasteiger partial charge is 0.127 e. The summed E-state index contributed by atoms with van der Waals surface area (Å²) in [6.07, 6.45) is -0.578. The van der Waals surface area contributed by atoms with E-state index in [0.717, 1.165) is 11.1 Å². The molecule has 2 aromatic rings. The Hall–Kier alpha value is -1.71. The zero-order chi connectivity index (χ0) is 15.4. The zero-order valence-corrected chi connectivity index (χ0v) is 12.8. The summed E-state index contributed by atoms with van der Waals surface area (Å²) in [6.45, 7) is 4.39. The Morgan fingerprint density at radius 2 is 1.62 bits per heavy atom. The molecular formula is C18H22FNO. The molecule has 0 fully saturated rings. The van der Waals surface area contributed by atoms with Gasteiger partial charge in [-0.1, -0.05) is 42.5 Å². The SMILES string of the molecule is Cc1ccccc1C(O)CN(C)C(C)c1ccccc1F. The molecule has 3 heteroatoms. The van der Waals surface area contributed by atoms with E-state index in [1.165, 1.54) is 6.07 Å². The van der Waals surface area contributed by atoms with Crippen molar-refractivity contribution >= 4 is 0 Å². The monoisotopic (exact) mass is 287 g/mol. The number of nitrogens with zero attached hydrogens (tertiary/aromatic N) is 1. The van der Waals surface area contributed by atoms with Crippen LogP contribution in [-0.2, 0) is 0 Å². The number of aliphatic hydroxyl groups excluding tert-OH is 1. The molecule has 112 valence electrons. The lowest BCUT2D eigenvalue weighted by molar-refractivity contribution is 0.107. The molecule has 2 aromatic carbocycles. The fourth-order valence-corrected chi connectivity index (χ4v) is 2.54. The van der Waals surface area contributed by atoms with Crippen molar-refractivity contribution < 1.29 is 9.50 Å². The summed E-state index contributed by atoms with van der Waals surface area (Å²) in [5.74, 6) is -0.206. The van der Waals surface area contributed by atoms with Crippen LogP contribution in [0.4, 0.5) is 4.39 Å². The van der Waals surface area contributed by atoms with Crippen LogP contribution in [-0.4, -0.2) is 23.6 Å². The molecule has 0 aliphatic heterocycles. The van der Waals surface area contributed by atoms with Crippen LogP contribution >= 0.6 is 0 Å². The Balaban J connectivity index is 2.09. The van der Waals surface area contributed by atoms with Crippen LogP contribution in [0.3, 0.4) is 0 Å². The van der Waals surface area contributed by atoms with Crippen molar-refractivity contribution in [3.05, 3.63) is 71.0 Å². The van der Waals surface area contributed by atoms with E-state index >= 15 is 0 Å². The lowest BCUT2D eigenvalue weighted by Crippen LogP contribution is -2.28. The topological polar surface area (TPSA) is 23.5 Å². The lowest BCUT2D eigenvalue weighted by atomic mass is 10.0. The van der Waals surface area contributed by atoms with Crippen LogP contribution in [0, 0.1) is 12.7 Å². The maximum atomic E-state index is 13.8. The molecule has 0 amide bonds. The number of hydrogen-bond acceptors (Lipinski definition) is 2. The number of hydrogen-bond donors (Lipinski definition) is 1. The largest absolute Gasteiger partial charge is 0.387 e. The van der Waals surface area contributed by atoms with Gasteiger partial charge in [-0.3, -0.25) is 4.90 Å². The average molecular weight is 287 g/mol. The van der Waals surface area contributed by atoms with Crippen molar-refractivity contribution in [3.8, 4) is 0 Å². The van der Waals surface area contributed by atoms with Crippen molar-refractivity contribution in [2.24, 2.45) is 0 Å². The van der Waals surface area contributed by atoms with Gasteiger partial charge >= 0.3 is 0 Å². The molecule has 2 unspecified atom stereocenters. The van der Waals surface area contributed by atoms with Crippen molar-refractivity contribution in [2.45, 2.75) is 26.0 Å². The molecule has 0 aliphatic rings. The summed E-state index contributed by atoms with van der Waals surface area (Å²) in [5, 5.41) is 10.4. The number of rotatable bonds is 5. The van der Waals surface area contributed by atoms with E-state index in [0.29, 0.717) is 12.1 Å². The lowest BCUT2D eigenvalue weighted by Gasteiger charge is -2.28. The van der Waals surface area contributed by atoms with Gasteiger partial charge in [-0.2, -0.15) is 0 Å². The summed E-state index contributed by atoms with van der Waals surface area (Å²) < 4.78 is 13.8. The van der Waals surface area contributed by atoms with Gasteiger partial charge in [-0.15, -0.1) is 0 Å². The fourth-order valence-electron chi connectivity index (χ4n) is 2.54. The third-order valence-corrected chi connectivity index (χ3v) is 4.02. The molecule has 0 aliphatic carbocycles. The molecule has 21 heavy (non-hydrogen) atoms. The van der Waals surface area contributed by atoms with Gasteiger partial charge in [-0.05, 0) is 38.1 Å². The van der Waals surface area contributed by atoms with Gasteiger partial charge in [0.15, 0.2) is 0 Å². The van der Waals surface area contributed by atoms with E-state index in [9.17, 15) is 9.50 Å². The van der Waals surface area contributed by atoms with Crippen LogP contribution < -0.4 is 0 Å². The maximum absolute atomic E-state index is 13.8. The van der Waals surface area contributed by atoms with Gasteiger partial charge < -0.3 is 5.11 Å². The van der Waals surface area contributed by atoms with Crippen molar-refractivity contribution in [1.29, 1.82) is 0 Å². The third-order valence-electron chi connectivity index (χ3n) is 4.02. The molecule has 0 bridgehead atoms. The number of benzene rings is 2. The standard InChI is InChI=1S/C18H22FNO/c1-13-8-4-5-9-15(13)18(21)12-20(3)14(2)16-10-6-7-11-17(16)19/h4-11,14,18,21H,12H2,1-3H3. The highest BCUT2D eigenvalue weighted by molar-refractivity contribution is 5.28. The first-order valence-corrected chi connectivity index (χ1v) is 7.19. The molecule has 0 spiro atoms. The van der Waals surface area contributed by atoms with Gasteiger partial charge in [0.1, 0.15) is 5.82 Å². The molecule has 0 radical (unpaired) electrons. The highest BCUT2D eigenvalue weighted by atomic mass is 19.1. The summed E-state index contributed by atoms with van der Waals surface area (Å²) in [5.41, 5.74) is 2.64. The van der Waals surface area contributed by atoms with Crippen molar-refractivity contribution in [1.82, 2.24) is 4.90 Å². The molecule has 1 N–H and O–H groups in total. The minimum absolute atomic E-state index is 0.0927. The molecule has 2 atom stereocenters. The number of likely N-dealkylation sites (N-methyl/N-ethyl adjacent to an activating group) is 1.